The zero-order valence-electron chi connectivity index (χ0n) is 13.8. The molecule has 128 valence electrons. The van der Waals surface area contributed by atoms with Gasteiger partial charge in [-0.3, -0.25) is 4.79 Å². The molecule has 0 bridgehead atoms. The lowest BCUT2D eigenvalue weighted by Gasteiger charge is -2.13. The highest BCUT2D eigenvalue weighted by Gasteiger charge is 2.16. The van der Waals surface area contributed by atoms with Crippen molar-refractivity contribution in [2.45, 2.75) is 13.0 Å². The van der Waals surface area contributed by atoms with Crippen LogP contribution in [0.5, 0.6) is 5.75 Å². The van der Waals surface area contributed by atoms with E-state index in [9.17, 15) is 9.18 Å². The number of aromatic nitrogens is 1. The van der Waals surface area contributed by atoms with E-state index in [4.69, 9.17) is 9.26 Å². The van der Waals surface area contributed by atoms with Crippen molar-refractivity contribution in [3.63, 3.8) is 0 Å². The number of methoxy groups -OCH3 is 1. The summed E-state index contributed by atoms with van der Waals surface area (Å²) >= 11 is 0. The first-order valence-corrected chi connectivity index (χ1v) is 7.74. The van der Waals surface area contributed by atoms with E-state index >= 15 is 0 Å². The van der Waals surface area contributed by atoms with Gasteiger partial charge in [0.05, 0.1) is 13.2 Å². The van der Waals surface area contributed by atoms with Crippen molar-refractivity contribution in [3.8, 4) is 17.1 Å². The van der Waals surface area contributed by atoms with Crippen LogP contribution in [0.1, 0.15) is 29.0 Å². The molecule has 1 aromatic heterocycles. The summed E-state index contributed by atoms with van der Waals surface area (Å²) in [6.45, 7) is 1.88. The predicted molar refractivity (Wildman–Crippen MR) is 90.8 cm³/mol. The van der Waals surface area contributed by atoms with Crippen LogP contribution in [-0.2, 0) is 0 Å². The number of carbonyl (C=O) groups is 1. The van der Waals surface area contributed by atoms with Crippen molar-refractivity contribution in [1.29, 1.82) is 0 Å². The number of rotatable bonds is 5. The zero-order valence-corrected chi connectivity index (χ0v) is 13.8. The maximum absolute atomic E-state index is 13.0. The largest absolute Gasteiger partial charge is 0.497 e. The van der Waals surface area contributed by atoms with Gasteiger partial charge in [0.1, 0.15) is 11.6 Å². The number of nitrogens with zero attached hydrogens (tertiary/aromatic N) is 1. The Morgan fingerprint density at radius 1 is 1.16 bits per heavy atom. The summed E-state index contributed by atoms with van der Waals surface area (Å²) in [6.07, 6.45) is 0. The van der Waals surface area contributed by atoms with Crippen LogP contribution in [0.4, 0.5) is 4.39 Å². The number of nitrogens with one attached hydrogen (secondary N) is 1. The molecule has 1 heterocycles. The molecule has 2 aromatic carbocycles. The molecule has 5 nitrogen and oxygen atoms in total. The Balaban J connectivity index is 1.69. The van der Waals surface area contributed by atoms with E-state index in [-0.39, 0.29) is 23.5 Å². The number of carbonyl (C=O) groups excluding carboxylic acids is 1. The molecule has 0 saturated heterocycles. The number of hydrogen-bond donors (Lipinski definition) is 1. The third-order valence-electron chi connectivity index (χ3n) is 3.83. The second kappa shape index (κ2) is 7.17. The monoisotopic (exact) mass is 340 g/mol. The lowest BCUT2D eigenvalue weighted by atomic mass is 10.1. The quantitative estimate of drug-likeness (QED) is 0.763. The average Bonchev–Trinajstić information content (AvgIpc) is 3.12. The van der Waals surface area contributed by atoms with Crippen LogP contribution in [0, 0.1) is 5.82 Å². The summed E-state index contributed by atoms with van der Waals surface area (Å²) in [5.41, 5.74) is 1.76. The molecule has 0 aliphatic carbocycles. The van der Waals surface area contributed by atoms with Crippen molar-refractivity contribution >= 4 is 5.91 Å². The summed E-state index contributed by atoms with van der Waals surface area (Å²) in [6, 6.07) is 14.5. The first kappa shape index (κ1) is 16.7. The van der Waals surface area contributed by atoms with E-state index in [0.29, 0.717) is 11.3 Å². The fraction of sp³-hybridized carbons (Fsp3) is 0.158. The lowest BCUT2D eigenvalue weighted by Crippen LogP contribution is -2.26. The van der Waals surface area contributed by atoms with Crippen LogP contribution in [0.2, 0.25) is 0 Å². The van der Waals surface area contributed by atoms with Crippen LogP contribution < -0.4 is 10.1 Å². The molecule has 0 spiro atoms. The molecule has 1 amide bonds. The summed E-state index contributed by atoms with van der Waals surface area (Å²) in [5.74, 6) is 0.472. The van der Waals surface area contributed by atoms with Gasteiger partial charge in [-0.25, -0.2) is 4.39 Å². The van der Waals surface area contributed by atoms with Crippen LogP contribution in [0.25, 0.3) is 11.3 Å². The fourth-order valence-electron chi connectivity index (χ4n) is 2.38. The maximum atomic E-state index is 13.0. The van der Waals surface area contributed by atoms with Crippen LogP contribution in [0.3, 0.4) is 0 Å². The van der Waals surface area contributed by atoms with Crippen molar-refractivity contribution in [2.75, 3.05) is 7.11 Å². The third-order valence-corrected chi connectivity index (χ3v) is 3.83. The summed E-state index contributed by atoms with van der Waals surface area (Å²) in [5, 5.41) is 6.65. The minimum atomic E-state index is -0.347. The molecule has 1 atom stereocenters. The van der Waals surface area contributed by atoms with E-state index in [2.05, 4.69) is 10.5 Å². The van der Waals surface area contributed by atoms with E-state index in [1.54, 1.807) is 19.2 Å². The molecule has 0 aliphatic rings. The first-order chi connectivity index (χ1) is 12.1. The Morgan fingerprint density at radius 3 is 2.48 bits per heavy atom. The number of halogens is 1. The fourth-order valence-corrected chi connectivity index (χ4v) is 2.38. The SMILES string of the molecule is COc1ccc(C(C)NC(=O)c2cc(-c3ccc(F)cc3)on2)cc1. The van der Waals surface area contributed by atoms with Crippen molar-refractivity contribution < 1.29 is 18.4 Å². The van der Waals surface area contributed by atoms with Gasteiger partial charge in [0, 0.05) is 11.6 Å². The van der Waals surface area contributed by atoms with Gasteiger partial charge in [0.25, 0.3) is 5.91 Å². The molecular weight excluding hydrogens is 323 g/mol. The highest BCUT2D eigenvalue weighted by atomic mass is 19.1. The number of ether oxygens (including phenoxy) is 1. The van der Waals surface area contributed by atoms with Crippen molar-refractivity contribution in [2.24, 2.45) is 0 Å². The van der Waals surface area contributed by atoms with Gasteiger partial charge in [0.15, 0.2) is 11.5 Å². The average molecular weight is 340 g/mol. The first-order valence-electron chi connectivity index (χ1n) is 7.74. The molecule has 0 fully saturated rings. The molecule has 0 saturated carbocycles. The third kappa shape index (κ3) is 3.85. The summed E-state index contributed by atoms with van der Waals surface area (Å²) < 4.78 is 23.3. The second-order valence-corrected chi connectivity index (χ2v) is 5.55. The molecular formula is C19H17FN2O3. The Morgan fingerprint density at radius 2 is 1.84 bits per heavy atom. The Kier molecular flexibility index (Phi) is 4.79. The molecule has 0 aliphatic heterocycles. The Hall–Kier alpha value is -3.15. The number of hydrogen-bond acceptors (Lipinski definition) is 4. The summed E-state index contributed by atoms with van der Waals surface area (Å²) in [4.78, 5) is 12.3. The normalized spacial score (nSPS) is 11.8. The minimum absolute atomic E-state index is 0.166. The topological polar surface area (TPSA) is 64.4 Å². The molecule has 1 N–H and O–H groups in total. The van der Waals surface area contributed by atoms with E-state index in [1.165, 1.54) is 18.2 Å². The minimum Gasteiger partial charge on any atom is -0.497 e. The molecule has 6 heteroatoms. The molecule has 0 radical (unpaired) electrons. The Bertz CT molecular complexity index is 857. The number of amides is 1. The van der Waals surface area contributed by atoms with Gasteiger partial charge in [-0.2, -0.15) is 0 Å². The second-order valence-electron chi connectivity index (χ2n) is 5.55. The maximum Gasteiger partial charge on any atom is 0.273 e. The van der Waals surface area contributed by atoms with Gasteiger partial charge < -0.3 is 14.6 Å². The standard InChI is InChI=1S/C19H17FN2O3/c1-12(13-5-9-16(24-2)10-6-13)21-19(23)17-11-18(25-22-17)14-3-7-15(20)8-4-14/h3-12H,1-2H3,(H,21,23). The number of benzene rings is 2. The van der Waals surface area contributed by atoms with Gasteiger partial charge in [-0.1, -0.05) is 17.3 Å². The van der Waals surface area contributed by atoms with E-state index in [1.807, 2.05) is 31.2 Å². The molecule has 3 aromatic rings. The van der Waals surface area contributed by atoms with Gasteiger partial charge in [0.2, 0.25) is 0 Å². The van der Waals surface area contributed by atoms with Gasteiger partial charge in [-0.05, 0) is 48.9 Å². The van der Waals surface area contributed by atoms with Crippen molar-refractivity contribution in [3.05, 3.63) is 71.7 Å². The molecule has 25 heavy (non-hydrogen) atoms. The van der Waals surface area contributed by atoms with Gasteiger partial charge in [-0.15, -0.1) is 0 Å². The highest BCUT2D eigenvalue weighted by Crippen LogP contribution is 2.21. The highest BCUT2D eigenvalue weighted by molar-refractivity contribution is 5.93. The molecule has 1 unspecified atom stereocenters. The van der Waals surface area contributed by atoms with Gasteiger partial charge >= 0.3 is 0 Å². The summed E-state index contributed by atoms with van der Waals surface area (Å²) in [7, 11) is 1.60. The van der Waals surface area contributed by atoms with Crippen LogP contribution in [-0.4, -0.2) is 18.2 Å². The zero-order chi connectivity index (χ0) is 17.8. The van der Waals surface area contributed by atoms with Crippen LogP contribution >= 0.6 is 0 Å². The van der Waals surface area contributed by atoms with Crippen molar-refractivity contribution in [1.82, 2.24) is 10.5 Å². The predicted octanol–water partition coefficient (Wildman–Crippen LogP) is 3.98. The van der Waals surface area contributed by atoms with E-state index < -0.39 is 0 Å². The smallest absolute Gasteiger partial charge is 0.273 e. The van der Waals surface area contributed by atoms with Crippen LogP contribution in [0.15, 0.2) is 59.1 Å². The molecule has 3 rings (SSSR count). The van der Waals surface area contributed by atoms with E-state index in [0.717, 1.165) is 11.3 Å². The lowest BCUT2D eigenvalue weighted by molar-refractivity contribution is 0.0931. The Labute approximate surface area is 144 Å².